The average molecular weight is 354 g/mol. The van der Waals surface area contributed by atoms with Crippen LogP contribution in [0.2, 0.25) is 0 Å². The lowest BCUT2D eigenvalue weighted by Gasteiger charge is -2.34. The average Bonchev–Trinajstić information content (AvgIpc) is 2.64. The summed E-state index contributed by atoms with van der Waals surface area (Å²) in [5, 5.41) is -1.21. The molecule has 0 aliphatic carbocycles. The van der Waals surface area contributed by atoms with Gasteiger partial charge in [0.2, 0.25) is 15.9 Å². The third kappa shape index (κ3) is 3.61. The summed E-state index contributed by atoms with van der Waals surface area (Å²) in [7, 11) is -3.80. The number of benzene rings is 1. The second kappa shape index (κ2) is 7.60. The maximum atomic E-state index is 13.2. The van der Waals surface area contributed by atoms with Gasteiger partial charge in [-0.3, -0.25) is 4.79 Å². The van der Waals surface area contributed by atoms with Crippen LogP contribution >= 0.6 is 0 Å². The van der Waals surface area contributed by atoms with Crippen LogP contribution in [-0.4, -0.2) is 76.1 Å². The molecule has 2 heterocycles. The van der Waals surface area contributed by atoms with Gasteiger partial charge >= 0.3 is 0 Å². The van der Waals surface area contributed by atoms with E-state index >= 15 is 0 Å². The van der Waals surface area contributed by atoms with Gasteiger partial charge in [0.05, 0.1) is 26.4 Å². The van der Waals surface area contributed by atoms with Gasteiger partial charge in [-0.1, -0.05) is 30.3 Å². The number of sulfonamides is 1. The number of carbonyl (C=O) groups is 1. The van der Waals surface area contributed by atoms with E-state index in [0.29, 0.717) is 45.1 Å². The molecule has 1 unspecified atom stereocenters. The van der Waals surface area contributed by atoms with Gasteiger partial charge in [-0.05, 0) is 5.56 Å². The van der Waals surface area contributed by atoms with Crippen LogP contribution in [0.5, 0.6) is 0 Å². The van der Waals surface area contributed by atoms with Crippen LogP contribution in [0.3, 0.4) is 0 Å². The standard InChI is InChI=1S/C16H22N2O5S/c19-16(17-6-10-22-11-7-17)15(14-4-2-1-3-5-14)24(20,21)18-8-12-23-13-9-18/h1-5,15H,6-13H2. The SMILES string of the molecule is O=C(C(c1ccccc1)S(=O)(=O)N1CCOCC1)N1CCOCC1. The molecule has 0 saturated carbocycles. The third-order valence-corrected chi connectivity index (χ3v) is 6.43. The molecule has 7 nitrogen and oxygen atoms in total. The van der Waals surface area contributed by atoms with E-state index in [1.54, 1.807) is 35.2 Å². The molecular formula is C16H22N2O5S. The summed E-state index contributed by atoms with van der Waals surface area (Å²) in [6.07, 6.45) is 0. The van der Waals surface area contributed by atoms with Crippen molar-refractivity contribution >= 4 is 15.9 Å². The van der Waals surface area contributed by atoms with E-state index in [0.717, 1.165) is 0 Å². The number of ether oxygens (including phenoxy) is 2. The minimum absolute atomic E-state index is 0.280. The normalized spacial score (nSPS) is 21.4. The van der Waals surface area contributed by atoms with Crippen LogP contribution in [0.15, 0.2) is 30.3 Å². The Bertz CT molecular complexity index is 652. The summed E-state index contributed by atoms with van der Waals surface area (Å²) in [5.74, 6) is -0.379. The molecular weight excluding hydrogens is 332 g/mol. The van der Waals surface area contributed by atoms with E-state index in [2.05, 4.69) is 0 Å². The highest BCUT2D eigenvalue weighted by atomic mass is 32.2. The van der Waals surface area contributed by atoms with Crippen molar-refractivity contribution in [1.82, 2.24) is 9.21 Å². The van der Waals surface area contributed by atoms with Crippen molar-refractivity contribution < 1.29 is 22.7 Å². The van der Waals surface area contributed by atoms with Gasteiger partial charge in [-0.25, -0.2) is 8.42 Å². The predicted molar refractivity (Wildman–Crippen MR) is 87.9 cm³/mol. The zero-order valence-corrected chi connectivity index (χ0v) is 14.3. The minimum atomic E-state index is -3.80. The summed E-state index contributed by atoms with van der Waals surface area (Å²) < 4.78 is 38.2. The van der Waals surface area contributed by atoms with Crippen LogP contribution in [0.4, 0.5) is 0 Å². The van der Waals surface area contributed by atoms with Crippen molar-refractivity contribution in [1.29, 1.82) is 0 Å². The zero-order valence-electron chi connectivity index (χ0n) is 13.5. The lowest BCUT2D eigenvalue weighted by molar-refractivity contribution is -0.135. The molecule has 1 aromatic carbocycles. The smallest absolute Gasteiger partial charge is 0.247 e. The van der Waals surface area contributed by atoms with Crippen LogP contribution < -0.4 is 0 Å². The lowest BCUT2D eigenvalue weighted by atomic mass is 10.1. The Morgan fingerprint density at radius 2 is 1.46 bits per heavy atom. The Kier molecular flexibility index (Phi) is 5.50. The van der Waals surface area contributed by atoms with Gasteiger partial charge in [0.15, 0.2) is 5.25 Å². The summed E-state index contributed by atoms with van der Waals surface area (Å²) in [4.78, 5) is 14.6. The zero-order chi connectivity index (χ0) is 17.0. The van der Waals surface area contributed by atoms with Crippen LogP contribution in [0.25, 0.3) is 0 Å². The van der Waals surface area contributed by atoms with Gasteiger partial charge in [0.25, 0.3) is 0 Å². The molecule has 132 valence electrons. The maximum Gasteiger partial charge on any atom is 0.247 e. The number of hydrogen-bond acceptors (Lipinski definition) is 5. The van der Waals surface area contributed by atoms with E-state index in [9.17, 15) is 13.2 Å². The van der Waals surface area contributed by atoms with E-state index in [4.69, 9.17) is 9.47 Å². The van der Waals surface area contributed by atoms with Gasteiger partial charge in [-0.15, -0.1) is 0 Å². The van der Waals surface area contributed by atoms with Crippen molar-refractivity contribution in [3.05, 3.63) is 35.9 Å². The molecule has 2 aliphatic rings. The second-order valence-corrected chi connectivity index (χ2v) is 7.80. The summed E-state index contributed by atoms with van der Waals surface area (Å²) >= 11 is 0. The van der Waals surface area contributed by atoms with Gasteiger partial charge in [0.1, 0.15) is 0 Å². The number of morpholine rings is 2. The van der Waals surface area contributed by atoms with E-state index in [1.807, 2.05) is 0 Å². The Hall–Kier alpha value is -1.48. The third-order valence-electron chi connectivity index (χ3n) is 4.28. The first-order chi connectivity index (χ1) is 11.6. The number of nitrogens with zero attached hydrogens (tertiary/aromatic N) is 2. The van der Waals surface area contributed by atoms with Crippen LogP contribution in [0.1, 0.15) is 10.8 Å². The highest BCUT2D eigenvalue weighted by Crippen LogP contribution is 2.29. The first-order valence-electron chi connectivity index (χ1n) is 8.09. The lowest BCUT2D eigenvalue weighted by Crippen LogP contribution is -2.49. The number of rotatable bonds is 4. The van der Waals surface area contributed by atoms with Gasteiger partial charge < -0.3 is 14.4 Å². The first kappa shape index (κ1) is 17.3. The molecule has 2 fully saturated rings. The molecule has 8 heteroatoms. The highest BCUT2D eigenvalue weighted by molar-refractivity contribution is 7.90. The van der Waals surface area contributed by atoms with Crippen molar-refractivity contribution in [2.75, 3.05) is 52.6 Å². The Morgan fingerprint density at radius 1 is 0.917 bits per heavy atom. The molecule has 1 atom stereocenters. The summed E-state index contributed by atoms with van der Waals surface area (Å²) in [6, 6.07) is 8.71. The van der Waals surface area contributed by atoms with Gasteiger partial charge in [-0.2, -0.15) is 4.31 Å². The highest BCUT2D eigenvalue weighted by Gasteiger charge is 2.41. The van der Waals surface area contributed by atoms with E-state index < -0.39 is 15.3 Å². The maximum absolute atomic E-state index is 13.2. The number of amides is 1. The predicted octanol–water partition coefficient (Wildman–Crippen LogP) is 0.249. The second-order valence-electron chi connectivity index (χ2n) is 5.78. The Balaban J connectivity index is 1.94. The number of hydrogen-bond donors (Lipinski definition) is 0. The molecule has 24 heavy (non-hydrogen) atoms. The molecule has 0 N–H and O–H groups in total. The number of carbonyl (C=O) groups excluding carboxylic acids is 1. The van der Waals surface area contributed by atoms with Crippen molar-refractivity contribution in [2.45, 2.75) is 5.25 Å². The first-order valence-corrected chi connectivity index (χ1v) is 9.59. The molecule has 1 amide bonds. The molecule has 0 aromatic heterocycles. The molecule has 0 radical (unpaired) electrons. The Morgan fingerprint density at radius 3 is 2.04 bits per heavy atom. The van der Waals surface area contributed by atoms with Crippen molar-refractivity contribution in [3.63, 3.8) is 0 Å². The molecule has 0 spiro atoms. The van der Waals surface area contributed by atoms with Crippen LogP contribution in [0, 0.1) is 0 Å². The fourth-order valence-electron chi connectivity index (χ4n) is 2.97. The topological polar surface area (TPSA) is 76.2 Å². The molecule has 2 saturated heterocycles. The largest absolute Gasteiger partial charge is 0.379 e. The molecule has 3 rings (SSSR count). The molecule has 1 aromatic rings. The van der Waals surface area contributed by atoms with Crippen molar-refractivity contribution in [3.8, 4) is 0 Å². The quantitative estimate of drug-likeness (QED) is 0.775. The fourth-order valence-corrected chi connectivity index (χ4v) is 4.83. The summed E-state index contributed by atoms with van der Waals surface area (Å²) in [6.45, 7) is 2.97. The van der Waals surface area contributed by atoms with E-state index in [1.165, 1.54) is 4.31 Å². The monoisotopic (exact) mass is 354 g/mol. The van der Waals surface area contributed by atoms with Gasteiger partial charge in [0, 0.05) is 26.2 Å². The fraction of sp³-hybridized carbons (Fsp3) is 0.562. The minimum Gasteiger partial charge on any atom is -0.379 e. The Labute approximate surface area is 142 Å². The summed E-state index contributed by atoms with van der Waals surface area (Å²) in [5.41, 5.74) is 0.500. The van der Waals surface area contributed by atoms with E-state index in [-0.39, 0.29) is 19.0 Å². The molecule has 2 aliphatic heterocycles. The van der Waals surface area contributed by atoms with Crippen molar-refractivity contribution in [2.24, 2.45) is 0 Å². The molecule has 0 bridgehead atoms. The van der Waals surface area contributed by atoms with Crippen LogP contribution in [-0.2, 0) is 24.3 Å².